The van der Waals surface area contributed by atoms with Crippen molar-refractivity contribution in [2.24, 2.45) is 5.73 Å². The fourth-order valence-corrected chi connectivity index (χ4v) is 6.22. The Morgan fingerprint density at radius 2 is 1.69 bits per heavy atom. The number of aliphatic hydroxyl groups is 2. The number of rotatable bonds is 10. The third-order valence-corrected chi connectivity index (χ3v) is 8.49. The first kappa shape index (κ1) is 31.4. The van der Waals surface area contributed by atoms with Crippen LogP contribution in [0, 0.1) is 0 Å². The molecule has 23 nitrogen and oxygen atoms in total. The standard InChI is InChI=1S/C20H25N11O12P2/c21-8-6(41-18(12(8)33)30-4-26-9-14(22)24-3-25-15(9)30)2-40-45(37,38)43-13-11(32)7(1-39-44(35)36)42-19(13)31-5-27-10-16(31)28-20(23)29-17(10)34/h3-8,11-13,18-19,32-33H,1-2,21H2,(H6-,22,23,24,25,28,29,34,35,36,37,38)/p+1/t6-,7-,8-,11-,12-,13-,18-,19-/m1/s1. The number of imidazole rings is 2. The van der Waals surface area contributed by atoms with Crippen molar-refractivity contribution < 1.29 is 52.2 Å². The van der Waals surface area contributed by atoms with E-state index in [1.807, 2.05) is 0 Å². The molecule has 2 aliphatic rings. The molecule has 0 spiro atoms. The highest BCUT2D eigenvalue weighted by atomic mass is 31.2. The number of aromatic amines is 1. The lowest BCUT2D eigenvalue weighted by molar-refractivity contribution is -0.0583. The zero-order valence-electron chi connectivity index (χ0n) is 22.6. The van der Waals surface area contributed by atoms with Crippen LogP contribution < -0.4 is 22.8 Å². The van der Waals surface area contributed by atoms with Crippen molar-refractivity contribution in [3.63, 3.8) is 0 Å². The van der Waals surface area contributed by atoms with Crippen LogP contribution >= 0.6 is 16.1 Å². The summed E-state index contributed by atoms with van der Waals surface area (Å²) in [5.41, 5.74) is 17.1. The van der Waals surface area contributed by atoms with E-state index < -0.39 is 83.9 Å². The summed E-state index contributed by atoms with van der Waals surface area (Å²) in [4.78, 5) is 54.2. The average Bonchev–Trinajstić information content (AvgIpc) is 3.73. The van der Waals surface area contributed by atoms with Gasteiger partial charge in [0.15, 0.2) is 35.1 Å². The Kier molecular flexibility index (Phi) is 8.36. The first-order chi connectivity index (χ1) is 21.3. The average molecular weight is 674 g/mol. The summed E-state index contributed by atoms with van der Waals surface area (Å²) in [7, 11) is -8.19. The SMILES string of the molecule is Nc1nc2c(ncn2[C@@H]2O[C@H](CO[P+](=O)O)[C@@H](O)[C@H]2OP(=O)(O)OC[C@H]2O[C@@H](n3cnc4c(N)ncnc43)[C@H](O)[C@@H]2N)c(=O)[nH]1. The molecule has 4 aromatic heterocycles. The number of H-pyrrole nitrogens is 1. The maximum absolute atomic E-state index is 13.1. The van der Waals surface area contributed by atoms with E-state index in [1.165, 1.54) is 17.2 Å². The molecule has 2 saturated heterocycles. The van der Waals surface area contributed by atoms with Crippen LogP contribution in [0.2, 0.25) is 0 Å². The van der Waals surface area contributed by atoms with E-state index in [0.717, 1.165) is 10.9 Å². The van der Waals surface area contributed by atoms with Gasteiger partial charge in [-0.25, -0.2) is 24.5 Å². The van der Waals surface area contributed by atoms with E-state index in [0.29, 0.717) is 0 Å². The van der Waals surface area contributed by atoms with Crippen LogP contribution in [0.25, 0.3) is 22.3 Å². The summed E-state index contributed by atoms with van der Waals surface area (Å²) in [6.45, 7) is -1.30. The van der Waals surface area contributed by atoms with Crippen LogP contribution in [-0.4, -0.2) is 109 Å². The number of nitrogens with zero attached hydrogens (tertiary/aromatic N) is 7. The third kappa shape index (κ3) is 5.92. The Morgan fingerprint density at radius 3 is 2.42 bits per heavy atom. The minimum Gasteiger partial charge on any atom is -0.387 e. The number of anilines is 2. The fourth-order valence-electron chi connectivity index (χ4n) is 5.01. The van der Waals surface area contributed by atoms with E-state index >= 15 is 0 Å². The highest BCUT2D eigenvalue weighted by Gasteiger charge is 2.51. The molecule has 2 unspecified atom stereocenters. The van der Waals surface area contributed by atoms with Gasteiger partial charge >= 0.3 is 16.1 Å². The lowest BCUT2D eigenvalue weighted by atomic mass is 10.1. The molecular weight excluding hydrogens is 648 g/mol. The van der Waals surface area contributed by atoms with Gasteiger partial charge in [-0.1, -0.05) is 0 Å². The summed E-state index contributed by atoms with van der Waals surface area (Å²) < 4.78 is 53.3. The van der Waals surface area contributed by atoms with Crippen LogP contribution in [0.4, 0.5) is 11.8 Å². The number of nitrogen functional groups attached to an aromatic ring is 2. The van der Waals surface area contributed by atoms with Crippen molar-refractivity contribution in [2.45, 2.75) is 49.0 Å². The quantitative estimate of drug-likeness (QED) is 0.0784. The molecule has 2 fully saturated rings. The van der Waals surface area contributed by atoms with Gasteiger partial charge in [-0.05, 0) is 0 Å². The number of ether oxygens (including phenoxy) is 2. The fraction of sp³-hybridized carbons (Fsp3) is 0.500. The number of hydrogen-bond donors (Lipinski definition) is 8. The van der Waals surface area contributed by atoms with Gasteiger partial charge in [0.2, 0.25) is 5.95 Å². The molecule has 0 aliphatic carbocycles. The van der Waals surface area contributed by atoms with E-state index in [9.17, 15) is 29.0 Å². The largest absolute Gasteiger partial charge is 0.694 e. The Balaban J connectivity index is 1.20. The zero-order valence-corrected chi connectivity index (χ0v) is 24.4. The molecule has 10 atom stereocenters. The highest BCUT2D eigenvalue weighted by molar-refractivity contribution is 7.47. The molecule has 0 amide bonds. The molecule has 4 aromatic rings. The topological polar surface area (TPSA) is 346 Å². The molecule has 0 aromatic carbocycles. The van der Waals surface area contributed by atoms with Crippen LogP contribution in [-0.2, 0) is 32.2 Å². The molecule has 0 bridgehead atoms. The monoisotopic (exact) mass is 674 g/mol. The number of phosphoric ester groups is 1. The zero-order chi connectivity index (χ0) is 32.2. The number of nitrogens with one attached hydrogen (secondary N) is 1. The lowest BCUT2D eigenvalue weighted by Gasteiger charge is -2.25. The Bertz CT molecular complexity index is 1850. The van der Waals surface area contributed by atoms with Gasteiger partial charge in [0.25, 0.3) is 5.56 Å². The second kappa shape index (κ2) is 12.0. The van der Waals surface area contributed by atoms with Crippen molar-refractivity contribution in [1.29, 1.82) is 0 Å². The van der Waals surface area contributed by atoms with Gasteiger partial charge in [0.1, 0.15) is 49.0 Å². The lowest BCUT2D eigenvalue weighted by Crippen LogP contribution is -2.41. The van der Waals surface area contributed by atoms with E-state index in [4.69, 9.17) is 40.6 Å². The predicted molar refractivity (Wildman–Crippen MR) is 147 cm³/mol. The van der Waals surface area contributed by atoms with Gasteiger partial charge in [0, 0.05) is 4.57 Å². The molecule has 6 heterocycles. The van der Waals surface area contributed by atoms with Crippen molar-refractivity contribution in [1.82, 2.24) is 39.0 Å². The summed E-state index contributed by atoms with van der Waals surface area (Å²) in [6.07, 6.45) is -6.34. The second-order valence-corrected chi connectivity index (χ2v) is 12.1. The minimum atomic E-state index is -5.09. The Hall–Kier alpha value is -3.57. The Morgan fingerprint density at radius 1 is 1.00 bits per heavy atom. The molecule has 6 rings (SSSR count). The van der Waals surface area contributed by atoms with Crippen molar-refractivity contribution in [3.05, 3.63) is 29.3 Å². The molecular formula is C20H26N11O12P2+. The number of nitrogens with two attached hydrogens (primary N) is 3. The van der Waals surface area contributed by atoms with Crippen LogP contribution in [0.15, 0.2) is 23.8 Å². The second-order valence-electron chi connectivity index (χ2n) is 9.91. The van der Waals surface area contributed by atoms with E-state index in [2.05, 4.69) is 34.4 Å². The number of aliphatic hydroxyl groups excluding tert-OH is 2. The highest BCUT2D eigenvalue weighted by Crippen LogP contribution is 2.50. The third-order valence-electron chi connectivity index (χ3n) is 7.13. The maximum atomic E-state index is 13.1. The molecule has 25 heteroatoms. The van der Waals surface area contributed by atoms with Crippen molar-refractivity contribution in [2.75, 3.05) is 24.7 Å². The van der Waals surface area contributed by atoms with E-state index in [1.54, 1.807) is 0 Å². The van der Waals surface area contributed by atoms with Crippen LogP contribution in [0.1, 0.15) is 12.5 Å². The summed E-state index contributed by atoms with van der Waals surface area (Å²) in [6, 6.07) is -1.12. The predicted octanol–water partition coefficient (Wildman–Crippen LogP) is -2.86. The van der Waals surface area contributed by atoms with Crippen LogP contribution in [0.3, 0.4) is 0 Å². The molecule has 2 aliphatic heterocycles. The van der Waals surface area contributed by atoms with Gasteiger partial charge < -0.3 is 41.8 Å². The molecule has 242 valence electrons. The number of fused-ring (bicyclic) bond motifs is 2. The molecule has 45 heavy (non-hydrogen) atoms. The van der Waals surface area contributed by atoms with Gasteiger partial charge in [-0.15, -0.1) is 9.42 Å². The molecule has 11 N–H and O–H groups in total. The normalized spacial score (nSPS) is 30.3. The van der Waals surface area contributed by atoms with Crippen LogP contribution in [0.5, 0.6) is 0 Å². The summed E-state index contributed by atoms with van der Waals surface area (Å²) in [5.74, 6) is -0.189. The minimum absolute atomic E-state index is 0.0962. The van der Waals surface area contributed by atoms with E-state index in [-0.39, 0.29) is 34.1 Å². The first-order valence-electron chi connectivity index (χ1n) is 12.9. The first-order valence-corrected chi connectivity index (χ1v) is 15.5. The molecule has 0 radical (unpaired) electrons. The number of aromatic nitrogens is 8. The number of phosphoric acid groups is 1. The maximum Gasteiger partial charge on any atom is 0.694 e. The smallest absolute Gasteiger partial charge is 0.387 e. The summed E-state index contributed by atoms with van der Waals surface area (Å²) in [5, 5.41) is 21.7. The van der Waals surface area contributed by atoms with Crippen molar-refractivity contribution >= 4 is 50.2 Å². The van der Waals surface area contributed by atoms with Crippen molar-refractivity contribution in [3.8, 4) is 0 Å². The molecule has 0 saturated carbocycles. The Labute approximate surface area is 250 Å². The van der Waals surface area contributed by atoms with Gasteiger partial charge in [-0.2, -0.15) is 4.98 Å². The summed E-state index contributed by atoms with van der Waals surface area (Å²) >= 11 is 0. The van der Waals surface area contributed by atoms with Gasteiger partial charge in [-0.3, -0.25) is 28.0 Å². The number of hydrogen-bond acceptors (Lipinski definition) is 18. The van der Waals surface area contributed by atoms with Gasteiger partial charge in [0.05, 0.1) is 25.3 Å².